The van der Waals surface area contributed by atoms with Crippen LogP contribution in [0, 0.1) is 13.8 Å². The van der Waals surface area contributed by atoms with E-state index in [0.29, 0.717) is 19.4 Å². The van der Waals surface area contributed by atoms with Crippen molar-refractivity contribution in [1.29, 1.82) is 0 Å². The Balaban J connectivity index is 1.91. The van der Waals surface area contributed by atoms with Crippen LogP contribution in [0.15, 0.2) is 67.3 Å². The number of carbonyl (C=O) groups is 1. The van der Waals surface area contributed by atoms with Crippen molar-refractivity contribution >= 4 is 5.91 Å². The van der Waals surface area contributed by atoms with Crippen LogP contribution in [0.3, 0.4) is 0 Å². The Morgan fingerprint density at radius 3 is 2.21 bits per heavy atom. The van der Waals surface area contributed by atoms with Crippen molar-refractivity contribution < 1.29 is 4.79 Å². The molecule has 1 aromatic carbocycles. The van der Waals surface area contributed by atoms with Crippen molar-refractivity contribution in [3.63, 3.8) is 0 Å². The molecule has 150 valence electrons. The minimum Gasteiger partial charge on any atom is -0.368 e. The van der Waals surface area contributed by atoms with Gasteiger partial charge in [-0.05, 0) is 73.1 Å². The zero-order chi connectivity index (χ0) is 20.7. The summed E-state index contributed by atoms with van der Waals surface area (Å²) in [4.78, 5) is 21.2. The van der Waals surface area contributed by atoms with Gasteiger partial charge in [-0.1, -0.05) is 30.3 Å². The molecule has 0 saturated carbocycles. The zero-order valence-electron chi connectivity index (χ0n) is 17.1. The van der Waals surface area contributed by atoms with Crippen LogP contribution < -0.4 is 11.1 Å². The number of primary amides is 1. The van der Waals surface area contributed by atoms with E-state index in [-0.39, 0.29) is 5.91 Å². The summed E-state index contributed by atoms with van der Waals surface area (Å²) >= 11 is 0. The van der Waals surface area contributed by atoms with Crippen molar-refractivity contribution in [3.05, 3.63) is 95.1 Å². The third kappa shape index (κ3) is 4.87. The first-order valence-electron chi connectivity index (χ1n) is 9.92. The second-order valence-electron chi connectivity index (χ2n) is 7.42. The maximum absolute atomic E-state index is 12.9. The third-order valence-corrected chi connectivity index (χ3v) is 5.56. The number of nitrogens with one attached hydrogen (secondary N) is 1. The average molecular weight is 389 g/mol. The van der Waals surface area contributed by atoms with Gasteiger partial charge in [0.05, 0.1) is 0 Å². The number of nitrogens with zero attached hydrogens (tertiary/aromatic N) is 2. The third-order valence-electron chi connectivity index (χ3n) is 5.56. The van der Waals surface area contributed by atoms with Crippen LogP contribution in [-0.2, 0) is 23.2 Å². The van der Waals surface area contributed by atoms with E-state index >= 15 is 0 Å². The SMILES string of the molecule is Cc1cccc(C(CCc2cccnc2)(NCCc2cccnc2)C(N)=O)c1C. The molecule has 0 aliphatic carbocycles. The normalized spacial score (nSPS) is 13.0. The van der Waals surface area contributed by atoms with E-state index < -0.39 is 5.54 Å². The summed E-state index contributed by atoms with van der Waals surface area (Å²) < 4.78 is 0. The summed E-state index contributed by atoms with van der Waals surface area (Å²) in [6.45, 7) is 4.73. The highest BCUT2D eigenvalue weighted by molar-refractivity contribution is 5.86. The molecule has 0 aliphatic rings. The van der Waals surface area contributed by atoms with Gasteiger partial charge in [-0.2, -0.15) is 0 Å². The zero-order valence-corrected chi connectivity index (χ0v) is 17.1. The molecule has 2 aromatic heterocycles. The van der Waals surface area contributed by atoms with Crippen molar-refractivity contribution in [2.24, 2.45) is 5.73 Å². The van der Waals surface area contributed by atoms with Crippen LogP contribution in [-0.4, -0.2) is 22.4 Å². The summed E-state index contributed by atoms with van der Waals surface area (Å²) in [6.07, 6.45) is 9.22. The van der Waals surface area contributed by atoms with Crippen molar-refractivity contribution in [2.45, 2.75) is 38.6 Å². The van der Waals surface area contributed by atoms with Crippen LogP contribution in [0.25, 0.3) is 0 Å². The van der Waals surface area contributed by atoms with Crippen LogP contribution in [0.1, 0.15) is 34.2 Å². The quantitative estimate of drug-likeness (QED) is 0.590. The molecular weight excluding hydrogens is 360 g/mol. The van der Waals surface area contributed by atoms with E-state index in [1.807, 2.05) is 48.8 Å². The van der Waals surface area contributed by atoms with Gasteiger partial charge in [0.1, 0.15) is 5.54 Å². The molecule has 0 spiro atoms. The van der Waals surface area contributed by atoms with Gasteiger partial charge in [-0.25, -0.2) is 0 Å². The Morgan fingerprint density at radius 1 is 0.966 bits per heavy atom. The molecule has 3 aromatic rings. The topological polar surface area (TPSA) is 80.9 Å². The minimum absolute atomic E-state index is 0.360. The number of benzene rings is 1. The lowest BCUT2D eigenvalue weighted by Crippen LogP contribution is -2.54. The lowest BCUT2D eigenvalue weighted by atomic mass is 9.80. The number of pyridine rings is 2. The number of carbonyl (C=O) groups excluding carboxylic acids is 1. The van der Waals surface area contributed by atoms with Gasteiger partial charge in [-0.3, -0.25) is 20.1 Å². The largest absolute Gasteiger partial charge is 0.368 e. The van der Waals surface area contributed by atoms with Crippen LogP contribution in [0.4, 0.5) is 0 Å². The summed E-state index contributed by atoms with van der Waals surface area (Å²) in [5, 5.41) is 3.51. The molecule has 1 amide bonds. The molecule has 5 nitrogen and oxygen atoms in total. The van der Waals surface area contributed by atoms with Gasteiger partial charge in [0, 0.05) is 31.3 Å². The van der Waals surface area contributed by atoms with E-state index in [1.54, 1.807) is 12.4 Å². The molecule has 1 atom stereocenters. The summed E-state index contributed by atoms with van der Waals surface area (Å²) in [5.41, 5.74) is 10.5. The number of amides is 1. The van der Waals surface area contributed by atoms with Gasteiger partial charge in [0.2, 0.25) is 5.91 Å². The number of aryl methyl sites for hydroxylation is 2. The number of hydrogen-bond donors (Lipinski definition) is 2. The van der Waals surface area contributed by atoms with Crippen molar-refractivity contribution in [1.82, 2.24) is 15.3 Å². The molecule has 29 heavy (non-hydrogen) atoms. The molecule has 1 unspecified atom stereocenters. The summed E-state index contributed by atoms with van der Waals surface area (Å²) in [6, 6.07) is 13.9. The minimum atomic E-state index is -0.950. The second kappa shape index (κ2) is 9.43. The molecular formula is C24H28N4O. The van der Waals surface area contributed by atoms with Gasteiger partial charge in [-0.15, -0.1) is 0 Å². The lowest BCUT2D eigenvalue weighted by Gasteiger charge is -2.34. The van der Waals surface area contributed by atoms with Gasteiger partial charge >= 0.3 is 0 Å². The van der Waals surface area contributed by atoms with E-state index in [1.165, 1.54) is 0 Å². The highest BCUT2D eigenvalue weighted by Gasteiger charge is 2.39. The monoisotopic (exact) mass is 388 g/mol. The molecule has 0 bridgehead atoms. The van der Waals surface area contributed by atoms with E-state index in [9.17, 15) is 4.79 Å². The molecule has 3 N–H and O–H groups in total. The fourth-order valence-electron chi connectivity index (χ4n) is 3.72. The first kappa shape index (κ1) is 20.7. The Kier molecular flexibility index (Phi) is 6.73. The van der Waals surface area contributed by atoms with Crippen LogP contribution in [0.2, 0.25) is 0 Å². The molecule has 5 heteroatoms. The summed E-state index contributed by atoms with van der Waals surface area (Å²) in [7, 11) is 0. The maximum Gasteiger partial charge on any atom is 0.242 e. The number of nitrogens with two attached hydrogens (primary N) is 1. The van der Waals surface area contributed by atoms with E-state index in [2.05, 4.69) is 35.2 Å². The highest BCUT2D eigenvalue weighted by Crippen LogP contribution is 2.31. The molecule has 0 saturated heterocycles. The van der Waals surface area contributed by atoms with Crippen LogP contribution >= 0.6 is 0 Å². The van der Waals surface area contributed by atoms with Gasteiger partial charge < -0.3 is 5.73 Å². The Bertz CT molecular complexity index is 944. The molecule has 0 radical (unpaired) electrons. The number of hydrogen-bond acceptors (Lipinski definition) is 4. The van der Waals surface area contributed by atoms with Crippen molar-refractivity contribution in [3.8, 4) is 0 Å². The number of rotatable bonds is 9. The molecule has 0 fully saturated rings. The van der Waals surface area contributed by atoms with Crippen molar-refractivity contribution in [2.75, 3.05) is 6.54 Å². The van der Waals surface area contributed by atoms with Gasteiger partial charge in [0.25, 0.3) is 0 Å². The Hall–Kier alpha value is -3.05. The maximum atomic E-state index is 12.9. The molecule has 2 heterocycles. The standard InChI is InChI=1S/C24H28N4O/c1-18-6-3-9-22(19(18)2)24(23(25)29,12-10-20-7-4-13-26-16-20)28-15-11-21-8-5-14-27-17-21/h3-9,13-14,16-17,28H,10-12,15H2,1-2H3,(H2,25,29). The first-order chi connectivity index (χ1) is 14.0. The van der Waals surface area contributed by atoms with Crippen LogP contribution in [0.5, 0.6) is 0 Å². The fourth-order valence-corrected chi connectivity index (χ4v) is 3.72. The molecule has 3 rings (SSSR count). The summed E-state index contributed by atoms with van der Waals surface area (Å²) in [5.74, 6) is -0.360. The average Bonchev–Trinajstić information content (AvgIpc) is 2.74. The first-order valence-corrected chi connectivity index (χ1v) is 9.92. The highest BCUT2D eigenvalue weighted by atomic mass is 16.1. The lowest BCUT2D eigenvalue weighted by molar-refractivity contribution is -0.125. The predicted octanol–water partition coefficient (Wildman–Crippen LogP) is 3.24. The van der Waals surface area contributed by atoms with Gasteiger partial charge in [0.15, 0.2) is 0 Å². The Morgan fingerprint density at radius 2 is 1.62 bits per heavy atom. The van der Waals surface area contributed by atoms with E-state index in [0.717, 1.165) is 34.2 Å². The van der Waals surface area contributed by atoms with E-state index in [4.69, 9.17) is 5.73 Å². The number of aromatic nitrogens is 2. The fraction of sp³-hybridized carbons (Fsp3) is 0.292. The molecule has 0 aliphatic heterocycles. The smallest absolute Gasteiger partial charge is 0.242 e. The Labute approximate surface area is 172 Å². The predicted molar refractivity (Wildman–Crippen MR) is 115 cm³/mol. The second-order valence-corrected chi connectivity index (χ2v) is 7.42.